The normalized spacial score (nSPS) is 17.2. The molecule has 0 fully saturated rings. The second-order valence-electron chi connectivity index (χ2n) is 8.62. The number of rotatable bonds is 9. The smallest absolute Gasteiger partial charge is 0.242 e. The zero-order valence-electron chi connectivity index (χ0n) is 20.1. The molecule has 1 N–H and O–H groups in total. The van der Waals surface area contributed by atoms with Gasteiger partial charge in [-0.15, -0.1) is 0 Å². The van der Waals surface area contributed by atoms with Gasteiger partial charge in [-0.25, -0.2) is 12.7 Å². The van der Waals surface area contributed by atoms with Crippen LogP contribution in [-0.4, -0.2) is 45.4 Å². The summed E-state index contributed by atoms with van der Waals surface area (Å²) in [5.41, 5.74) is 1.36. The first-order valence-corrected chi connectivity index (χ1v) is 12.8. The molecule has 1 amide bonds. The SMILES string of the molecule is CCC1(CC)CC(NC(=O)CCc2cc(S(=O)(=O)N(C)C)ccc2OC)c2ccccc2O1. The Kier molecular flexibility index (Phi) is 7.69. The van der Waals surface area contributed by atoms with Crippen molar-refractivity contribution in [2.24, 2.45) is 0 Å². The predicted molar refractivity (Wildman–Crippen MR) is 128 cm³/mol. The maximum atomic E-state index is 13.0. The molecule has 2 aromatic rings. The maximum absolute atomic E-state index is 13.0. The lowest BCUT2D eigenvalue weighted by atomic mass is 9.83. The first-order valence-electron chi connectivity index (χ1n) is 11.3. The van der Waals surface area contributed by atoms with Crippen molar-refractivity contribution >= 4 is 15.9 Å². The average Bonchev–Trinajstić information content (AvgIpc) is 2.82. The summed E-state index contributed by atoms with van der Waals surface area (Å²) < 4.78 is 37.9. The Morgan fingerprint density at radius 3 is 2.52 bits per heavy atom. The van der Waals surface area contributed by atoms with Crippen LogP contribution in [0.1, 0.15) is 56.7 Å². The van der Waals surface area contributed by atoms with Gasteiger partial charge in [-0.3, -0.25) is 4.79 Å². The molecule has 1 heterocycles. The van der Waals surface area contributed by atoms with Crippen LogP contribution in [0.3, 0.4) is 0 Å². The van der Waals surface area contributed by atoms with Crippen LogP contribution in [0.4, 0.5) is 0 Å². The average molecular weight is 475 g/mol. The van der Waals surface area contributed by atoms with E-state index in [1.807, 2.05) is 24.3 Å². The molecule has 0 saturated heterocycles. The van der Waals surface area contributed by atoms with Crippen molar-refractivity contribution in [2.75, 3.05) is 21.2 Å². The van der Waals surface area contributed by atoms with Crippen molar-refractivity contribution in [3.63, 3.8) is 0 Å². The maximum Gasteiger partial charge on any atom is 0.242 e. The number of methoxy groups -OCH3 is 1. The van der Waals surface area contributed by atoms with Crippen LogP contribution in [0.5, 0.6) is 11.5 Å². The number of carbonyl (C=O) groups is 1. The van der Waals surface area contributed by atoms with Gasteiger partial charge in [0.2, 0.25) is 15.9 Å². The van der Waals surface area contributed by atoms with Gasteiger partial charge in [0.05, 0.1) is 18.0 Å². The zero-order chi connectivity index (χ0) is 24.2. The van der Waals surface area contributed by atoms with E-state index in [1.54, 1.807) is 12.1 Å². The molecule has 180 valence electrons. The Hall–Kier alpha value is -2.58. The molecule has 8 heteroatoms. The number of hydrogen-bond acceptors (Lipinski definition) is 5. The van der Waals surface area contributed by atoms with E-state index in [4.69, 9.17) is 9.47 Å². The Morgan fingerprint density at radius 1 is 1.18 bits per heavy atom. The summed E-state index contributed by atoms with van der Waals surface area (Å²) in [7, 11) is 0.942. The minimum Gasteiger partial charge on any atom is -0.496 e. The third-order valence-corrected chi connectivity index (χ3v) is 8.28. The molecule has 0 bridgehead atoms. The van der Waals surface area contributed by atoms with E-state index in [1.165, 1.54) is 31.6 Å². The van der Waals surface area contributed by atoms with Crippen LogP contribution in [0.15, 0.2) is 47.4 Å². The molecular weight excluding hydrogens is 440 g/mol. The van der Waals surface area contributed by atoms with Gasteiger partial charge in [0.15, 0.2) is 0 Å². The number of sulfonamides is 1. The lowest BCUT2D eigenvalue weighted by molar-refractivity contribution is -0.122. The Morgan fingerprint density at radius 2 is 1.88 bits per heavy atom. The molecule has 0 saturated carbocycles. The Bertz CT molecular complexity index is 1090. The summed E-state index contributed by atoms with van der Waals surface area (Å²) in [6.45, 7) is 4.22. The quantitative estimate of drug-likeness (QED) is 0.592. The van der Waals surface area contributed by atoms with Crippen molar-refractivity contribution in [3.8, 4) is 11.5 Å². The first-order chi connectivity index (χ1) is 15.7. The summed E-state index contributed by atoms with van der Waals surface area (Å²) in [5.74, 6) is 1.29. The number of ether oxygens (including phenoxy) is 2. The van der Waals surface area contributed by atoms with Crippen LogP contribution in [0.25, 0.3) is 0 Å². The molecule has 1 unspecified atom stereocenters. The summed E-state index contributed by atoms with van der Waals surface area (Å²) in [5, 5.41) is 3.18. The van der Waals surface area contributed by atoms with Gasteiger partial charge in [0, 0.05) is 32.5 Å². The summed E-state index contributed by atoms with van der Waals surface area (Å²) in [4.78, 5) is 13.1. The molecule has 1 atom stereocenters. The molecule has 2 aromatic carbocycles. The van der Waals surface area contributed by atoms with E-state index in [0.717, 1.165) is 24.2 Å². The molecule has 0 spiro atoms. The van der Waals surface area contributed by atoms with Gasteiger partial charge in [-0.2, -0.15) is 0 Å². The van der Waals surface area contributed by atoms with E-state index >= 15 is 0 Å². The molecule has 1 aliphatic rings. The van der Waals surface area contributed by atoms with Gasteiger partial charge in [-0.1, -0.05) is 32.0 Å². The van der Waals surface area contributed by atoms with Gasteiger partial charge >= 0.3 is 0 Å². The minimum absolute atomic E-state index is 0.0965. The number of hydrogen-bond donors (Lipinski definition) is 1. The van der Waals surface area contributed by atoms with Crippen LogP contribution >= 0.6 is 0 Å². The van der Waals surface area contributed by atoms with E-state index in [-0.39, 0.29) is 28.9 Å². The second-order valence-corrected chi connectivity index (χ2v) is 10.8. The van der Waals surface area contributed by atoms with Crippen molar-refractivity contribution in [2.45, 2.75) is 62.5 Å². The minimum atomic E-state index is -3.57. The Balaban J connectivity index is 1.77. The largest absolute Gasteiger partial charge is 0.496 e. The van der Waals surface area contributed by atoms with E-state index in [2.05, 4.69) is 19.2 Å². The highest BCUT2D eigenvalue weighted by Gasteiger charge is 2.38. The standard InChI is InChI=1S/C25H34N2O5S/c1-6-25(7-2)17-21(20-10-8-9-11-23(20)32-25)26-24(28)15-12-18-16-19(13-14-22(18)31-5)33(29,30)27(3)4/h8-11,13-14,16,21H,6-7,12,15,17H2,1-5H3,(H,26,28). The number of amides is 1. The van der Waals surface area contributed by atoms with E-state index in [9.17, 15) is 13.2 Å². The number of fused-ring (bicyclic) bond motifs is 1. The fraction of sp³-hybridized carbons (Fsp3) is 0.480. The lowest BCUT2D eigenvalue weighted by Gasteiger charge is -2.41. The van der Waals surface area contributed by atoms with Crippen molar-refractivity contribution in [1.82, 2.24) is 9.62 Å². The number of benzene rings is 2. The summed E-state index contributed by atoms with van der Waals surface area (Å²) in [6, 6.07) is 12.5. The van der Waals surface area contributed by atoms with Crippen molar-refractivity contribution in [3.05, 3.63) is 53.6 Å². The fourth-order valence-electron chi connectivity index (χ4n) is 4.27. The fourth-order valence-corrected chi connectivity index (χ4v) is 5.22. The van der Waals surface area contributed by atoms with Crippen LogP contribution in [0.2, 0.25) is 0 Å². The molecule has 7 nitrogen and oxygen atoms in total. The number of para-hydroxylation sites is 1. The van der Waals surface area contributed by atoms with Gasteiger partial charge in [0.25, 0.3) is 0 Å². The zero-order valence-corrected chi connectivity index (χ0v) is 20.9. The van der Waals surface area contributed by atoms with Crippen molar-refractivity contribution in [1.29, 1.82) is 0 Å². The second kappa shape index (κ2) is 10.1. The molecular formula is C25H34N2O5S. The van der Waals surface area contributed by atoms with Gasteiger partial charge in [0.1, 0.15) is 17.1 Å². The molecule has 0 aromatic heterocycles. The topological polar surface area (TPSA) is 84.9 Å². The van der Waals surface area contributed by atoms with Crippen LogP contribution in [-0.2, 0) is 21.2 Å². The number of aryl methyl sites for hydroxylation is 1. The number of carbonyl (C=O) groups excluding carboxylic acids is 1. The van der Waals surface area contributed by atoms with Gasteiger partial charge in [-0.05, 0) is 49.1 Å². The molecule has 33 heavy (non-hydrogen) atoms. The van der Waals surface area contributed by atoms with Crippen molar-refractivity contribution < 1.29 is 22.7 Å². The molecule has 0 aliphatic carbocycles. The van der Waals surface area contributed by atoms with Crippen LogP contribution in [0, 0.1) is 0 Å². The van der Waals surface area contributed by atoms with Gasteiger partial charge < -0.3 is 14.8 Å². The summed E-state index contributed by atoms with van der Waals surface area (Å²) in [6.07, 6.45) is 3.00. The van der Waals surface area contributed by atoms with Crippen LogP contribution < -0.4 is 14.8 Å². The molecule has 3 rings (SSSR count). The molecule has 0 radical (unpaired) electrons. The number of nitrogens with one attached hydrogen (secondary N) is 1. The predicted octanol–water partition coefficient (Wildman–Crippen LogP) is 4.08. The molecule has 1 aliphatic heterocycles. The summed E-state index contributed by atoms with van der Waals surface area (Å²) >= 11 is 0. The first kappa shape index (κ1) is 25.1. The monoisotopic (exact) mass is 474 g/mol. The van der Waals surface area contributed by atoms with E-state index in [0.29, 0.717) is 24.2 Å². The third-order valence-electron chi connectivity index (χ3n) is 6.47. The highest BCUT2D eigenvalue weighted by atomic mass is 32.2. The Labute approximate surface area is 197 Å². The third kappa shape index (κ3) is 5.33. The lowest BCUT2D eigenvalue weighted by Crippen LogP contribution is -2.44. The highest BCUT2D eigenvalue weighted by molar-refractivity contribution is 7.89. The number of nitrogens with zero attached hydrogens (tertiary/aromatic N) is 1. The van der Waals surface area contributed by atoms with E-state index < -0.39 is 10.0 Å². The highest BCUT2D eigenvalue weighted by Crippen LogP contribution is 2.42.